The number of carbonyl (C=O) groups excluding carboxylic acids is 1. The van der Waals surface area contributed by atoms with Gasteiger partial charge < -0.3 is 20.5 Å². The van der Waals surface area contributed by atoms with Gasteiger partial charge in [0.2, 0.25) is 0 Å². The van der Waals surface area contributed by atoms with Crippen LogP contribution in [0.1, 0.15) is 32.6 Å². The van der Waals surface area contributed by atoms with Crippen molar-refractivity contribution < 1.29 is 19.4 Å². The normalized spacial score (nSPS) is 35.4. The lowest BCUT2D eigenvalue weighted by Crippen LogP contribution is -2.52. The molecule has 1 unspecified atom stereocenters. The summed E-state index contributed by atoms with van der Waals surface area (Å²) < 4.78 is 5.26. The lowest BCUT2D eigenvalue weighted by molar-refractivity contribution is -0.141. The van der Waals surface area contributed by atoms with E-state index >= 15 is 0 Å². The predicted octanol–water partition coefficient (Wildman–Crippen LogP) is 0.718. The van der Waals surface area contributed by atoms with Gasteiger partial charge in [0.05, 0.1) is 18.1 Å². The first-order valence-electron chi connectivity index (χ1n) is 6.38. The third-order valence-corrected chi connectivity index (χ3v) is 3.75. The van der Waals surface area contributed by atoms with Gasteiger partial charge in [-0.05, 0) is 32.6 Å². The summed E-state index contributed by atoms with van der Waals surface area (Å²) in [6.07, 6.45) is 2.71. The molecule has 1 saturated carbocycles. The molecular weight excluding hydrogens is 236 g/mol. The van der Waals surface area contributed by atoms with Crippen molar-refractivity contribution in [1.29, 1.82) is 0 Å². The number of nitrogens with one attached hydrogen (secondary N) is 2. The van der Waals surface area contributed by atoms with E-state index in [4.69, 9.17) is 9.84 Å². The molecule has 2 amide bonds. The van der Waals surface area contributed by atoms with Crippen LogP contribution < -0.4 is 10.6 Å². The smallest absolute Gasteiger partial charge is 0.315 e. The monoisotopic (exact) mass is 256 g/mol. The molecule has 0 spiro atoms. The number of urea groups is 1. The molecule has 2 rings (SSSR count). The summed E-state index contributed by atoms with van der Waals surface area (Å²) >= 11 is 0. The molecule has 0 radical (unpaired) electrons. The number of hydrogen-bond donors (Lipinski definition) is 3. The van der Waals surface area contributed by atoms with Crippen LogP contribution in [-0.4, -0.2) is 41.9 Å². The van der Waals surface area contributed by atoms with Crippen molar-refractivity contribution in [2.45, 2.75) is 44.2 Å². The van der Waals surface area contributed by atoms with Gasteiger partial charge in [-0.1, -0.05) is 0 Å². The molecular formula is C12H20N2O4. The van der Waals surface area contributed by atoms with Gasteiger partial charge in [0.15, 0.2) is 0 Å². The molecule has 2 aliphatic rings. The Morgan fingerprint density at radius 1 is 1.39 bits per heavy atom. The van der Waals surface area contributed by atoms with E-state index in [0.29, 0.717) is 26.1 Å². The second-order valence-corrected chi connectivity index (χ2v) is 5.51. The number of carbonyl (C=O) groups is 2. The van der Waals surface area contributed by atoms with Crippen molar-refractivity contribution >= 4 is 12.0 Å². The van der Waals surface area contributed by atoms with E-state index in [9.17, 15) is 9.59 Å². The summed E-state index contributed by atoms with van der Waals surface area (Å²) in [5.74, 6) is -1.09. The number of hydrogen-bond acceptors (Lipinski definition) is 3. The topological polar surface area (TPSA) is 87.7 Å². The summed E-state index contributed by atoms with van der Waals surface area (Å²) in [7, 11) is 0. The summed E-state index contributed by atoms with van der Waals surface area (Å²) in [5, 5.41) is 14.6. The van der Waals surface area contributed by atoms with Gasteiger partial charge in [-0.3, -0.25) is 4.79 Å². The minimum Gasteiger partial charge on any atom is -0.481 e. The number of carboxylic acids is 1. The van der Waals surface area contributed by atoms with Crippen LogP contribution >= 0.6 is 0 Å². The molecule has 0 aromatic carbocycles. The molecule has 1 saturated heterocycles. The molecule has 1 aliphatic heterocycles. The largest absolute Gasteiger partial charge is 0.481 e. The highest BCUT2D eigenvalue weighted by atomic mass is 16.5. The van der Waals surface area contributed by atoms with Crippen LogP contribution in [0.4, 0.5) is 4.79 Å². The Kier molecular flexibility index (Phi) is 3.75. The Labute approximate surface area is 106 Å². The van der Waals surface area contributed by atoms with Gasteiger partial charge in [0.25, 0.3) is 0 Å². The average Bonchev–Trinajstić information content (AvgIpc) is 2.87. The van der Waals surface area contributed by atoms with E-state index < -0.39 is 5.97 Å². The number of aliphatic carboxylic acids is 1. The first-order valence-corrected chi connectivity index (χ1v) is 6.38. The van der Waals surface area contributed by atoms with E-state index in [0.717, 1.165) is 12.8 Å². The van der Waals surface area contributed by atoms with E-state index in [2.05, 4.69) is 10.6 Å². The minimum absolute atomic E-state index is 0.0305. The fourth-order valence-corrected chi connectivity index (χ4v) is 2.60. The Morgan fingerprint density at radius 2 is 2.17 bits per heavy atom. The maximum Gasteiger partial charge on any atom is 0.315 e. The van der Waals surface area contributed by atoms with Crippen molar-refractivity contribution in [2.75, 3.05) is 13.2 Å². The van der Waals surface area contributed by atoms with Crippen LogP contribution in [-0.2, 0) is 9.53 Å². The first kappa shape index (κ1) is 13.1. The van der Waals surface area contributed by atoms with Crippen LogP contribution in [0.2, 0.25) is 0 Å². The number of rotatable bonds is 3. The van der Waals surface area contributed by atoms with Crippen molar-refractivity contribution in [1.82, 2.24) is 10.6 Å². The van der Waals surface area contributed by atoms with Gasteiger partial charge >= 0.3 is 12.0 Å². The zero-order valence-corrected chi connectivity index (χ0v) is 10.6. The van der Waals surface area contributed by atoms with E-state index in [-0.39, 0.29) is 23.5 Å². The molecule has 102 valence electrons. The molecule has 3 atom stereocenters. The molecule has 2 fully saturated rings. The highest BCUT2D eigenvalue weighted by molar-refractivity contribution is 5.75. The Morgan fingerprint density at radius 3 is 2.72 bits per heavy atom. The quantitative estimate of drug-likeness (QED) is 0.694. The molecule has 6 heteroatoms. The fraction of sp³-hybridized carbons (Fsp3) is 0.833. The molecule has 0 aromatic rings. The lowest BCUT2D eigenvalue weighted by atomic mass is 10.0. The minimum atomic E-state index is -0.768. The third-order valence-electron chi connectivity index (χ3n) is 3.75. The maximum absolute atomic E-state index is 11.8. The van der Waals surface area contributed by atoms with Gasteiger partial charge in [-0.15, -0.1) is 0 Å². The van der Waals surface area contributed by atoms with E-state index in [1.807, 2.05) is 6.92 Å². The van der Waals surface area contributed by atoms with Crippen molar-refractivity contribution in [3.05, 3.63) is 0 Å². The van der Waals surface area contributed by atoms with E-state index in [1.54, 1.807) is 0 Å². The average molecular weight is 256 g/mol. The lowest BCUT2D eigenvalue weighted by Gasteiger charge is -2.25. The second kappa shape index (κ2) is 5.14. The number of carboxylic acid groups (broad SMARTS) is 1. The van der Waals surface area contributed by atoms with Gasteiger partial charge in [0, 0.05) is 12.6 Å². The molecule has 18 heavy (non-hydrogen) atoms. The Bertz CT molecular complexity index is 339. The van der Waals surface area contributed by atoms with Crippen LogP contribution in [0.3, 0.4) is 0 Å². The molecule has 1 aliphatic carbocycles. The Balaban J connectivity index is 1.76. The highest BCUT2D eigenvalue weighted by Crippen LogP contribution is 2.25. The van der Waals surface area contributed by atoms with Gasteiger partial charge in [-0.2, -0.15) is 0 Å². The van der Waals surface area contributed by atoms with Crippen molar-refractivity contribution in [3.8, 4) is 0 Å². The first-order chi connectivity index (χ1) is 8.48. The zero-order valence-electron chi connectivity index (χ0n) is 10.6. The van der Waals surface area contributed by atoms with Crippen LogP contribution in [0.15, 0.2) is 0 Å². The third kappa shape index (κ3) is 3.13. The van der Waals surface area contributed by atoms with Crippen molar-refractivity contribution in [2.24, 2.45) is 5.92 Å². The summed E-state index contributed by atoms with van der Waals surface area (Å²) in [4.78, 5) is 22.6. The molecule has 3 N–H and O–H groups in total. The summed E-state index contributed by atoms with van der Waals surface area (Å²) in [6.45, 7) is 3.15. The molecule has 0 bridgehead atoms. The maximum atomic E-state index is 11.8. The zero-order chi connectivity index (χ0) is 13.2. The molecule has 6 nitrogen and oxygen atoms in total. The van der Waals surface area contributed by atoms with E-state index in [1.165, 1.54) is 0 Å². The van der Waals surface area contributed by atoms with Crippen LogP contribution in [0.25, 0.3) is 0 Å². The second-order valence-electron chi connectivity index (χ2n) is 5.51. The SMILES string of the molecule is CC1(NC(=O)N[C@H]2CC[C@@H](C(=O)O)C2)CCOC1. The predicted molar refractivity (Wildman–Crippen MR) is 64.3 cm³/mol. The highest BCUT2D eigenvalue weighted by Gasteiger charge is 2.34. The molecule has 0 aromatic heterocycles. The van der Waals surface area contributed by atoms with Gasteiger partial charge in [-0.25, -0.2) is 4.79 Å². The standard InChI is InChI=1S/C12H20N2O4/c1-12(4-5-18-7-12)14-11(17)13-9-3-2-8(6-9)10(15)16/h8-9H,2-7H2,1H3,(H,15,16)(H2,13,14,17)/t8-,9+,12?/m1/s1. The Hall–Kier alpha value is -1.30. The van der Waals surface area contributed by atoms with Crippen LogP contribution in [0.5, 0.6) is 0 Å². The summed E-state index contributed by atoms with van der Waals surface area (Å²) in [6, 6.07) is -0.254. The van der Waals surface area contributed by atoms with Crippen LogP contribution in [0, 0.1) is 5.92 Å². The summed E-state index contributed by atoms with van der Waals surface area (Å²) in [5.41, 5.74) is -0.297. The fourth-order valence-electron chi connectivity index (χ4n) is 2.60. The van der Waals surface area contributed by atoms with Gasteiger partial charge in [0.1, 0.15) is 0 Å². The number of ether oxygens (including phenoxy) is 1. The number of amides is 2. The molecule has 1 heterocycles. The van der Waals surface area contributed by atoms with Crippen molar-refractivity contribution in [3.63, 3.8) is 0 Å².